The van der Waals surface area contributed by atoms with Gasteiger partial charge in [0.05, 0.1) is 5.69 Å². The Hall–Kier alpha value is -1.36. The van der Waals surface area contributed by atoms with Crippen LogP contribution < -0.4 is 11.2 Å². The van der Waals surface area contributed by atoms with Crippen molar-refractivity contribution in [2.75, 3.05) is 5.73 Å². The van der Waals surface area contributed by atoms with Crippen molar-refractivity contribution in [2.45, 2.75) is 0 Å². The summed E-state index contributed by atoms with van der Waals surface area (Å²) in [4.78, 5) is 8.09. The van der Waals surface area contributed by atoms with Crippen LogP contribution in [-0.4, -0.2) is 17.8 Å². The summed E-state index contributed by atoms with van der Waals surface area (Å²) in [5.74, 6) is 0. The van der Waals surface area contributed by atoms with Gasteiger partial charge in [0.25, 0.3) is 0 Å². The Labute approximate surface area is 81.1 Å². The van der Waals surface area contributed by atoms with Crippen LogP contribution in [0.2, 0.25) is 0 Å². The van der Waals surface area contributed by atoms with E-state index in [2.05, 4.69) is 9.97 Å². The second-order valence-electron chi connectivity index (χ2n) is 2.58. The summed E-state index contributed by atoms with van der Waals surface area (Å²) in [6.07, 6.45) is 3.31. The molecule has 5 heteroatoms. The number of nitrogens with two attached hydrogens (primary N) is 1. The third kappa shape index (κ3) is 1.70. The SMILES string of the molecule is [B]c1cncc(-c2csc(N)n2)c1. The van der Waals surface area contributed by atoms with E-state index in [1.807, 2.05) is 11.4 Å². The molecule has 62 valence electrons. The smallest absolute Gasteiger partial charge is 0.180 e. The van der Waals surface area contributed by atoms with Gasteiger partial charge in [-0.3, -0.25) is 4.98 Å². The van der Waals surface area contributed by atoms with E-state index in [4.69, 9.17) is 13.6 Å². The molecule has 0 bridgehead atoms. The molecule has 0 amide bonds. The number of hydrogen-bond acceptors (Lipinski definition) is 4. The summed E-state index contributed by atoms with van der Waals surface area (Å²) in [5.41, 5.74) is 7.86. The first kappa shape index (κ1) is 8.25. The minimum atomic E-state index is 0.553. The highest BCUT2D eigenvalue weighted by Crippen LogP contribution is 2.20. The van der Waals surface area contributed by atoms with Crippen LogP contribution in [0.1, 0.15) is 0 Å². The van der Waals surface area contributed by atoms with E-state index in [0.29, 0.717) is 10.6 Å². The number of pyridine rings is 1. The van der Waals surface area contributed by atoms with Gasteiger partial charge in [-0.1, -0.05) is 11.5 Å². The molecule has 2 aromatic rings. The van der Waals surface area contributed by atoms with Crippen molar-refractivity contribution in [3.63, 3.8) is 0 Å². The minimum absolute atomic E-state index is 0.553. The van der Waals surface area contributed by atoms with Crippen molar-refractivity contribution in [3.05, 3.63) is 23.8 Å². The van der Waals surface area contributed by atoms with Crippen molar-refractivity contribution < 1.29 is 0 Å². The molecule has 0 aliphatic heterocycles. The molecule has 0 saturated heterocycles. The quantitative estimate of drug-likeness (QED) is 0.664. The Morgan fingerprint density at radius 1 is 1.38 bits per heavy atom. The molecule has 0 spiro atoms. The van der Waals surface area contributed by atoms with Crippen molar-refractivity contribution in [3.8, 4) is 11.3 Å². The van der Waals surface area contributed by atoms with Crippen LogP contribution in [0.4, 0.5) is 5.13 Å². The molecule has 0 fully saturated rings. The molecule has 2 heterocycles. The van der Waals surface area contributed by atoms with Gasteiger partial charge in [-0.15, -0.1) is 11.3 Å². The summed E-state index contributed by atoms with van der Waals surface area (Å²) in [6, 6.07) is 1.82. The van der Waals surface area contributed by atoms with E-state index in [-0.39, 0.29) is 0 Å². The monoisotopic (exact) mass is 187 g/mol. The van der Waals surface area contributed by atoms with Crippen LogP contribution in [0.3, 0.4) is 0 Å². The molecule has 2 aromatic heterocycles. The molecule has 0 saturated carbocycles. The fraction of sp³-hybridized carbons (Fsp3) is 0. The molecule has 13 heavy (non-hydrogen) atoms. The normalized spacial score (nSPS) is 10.2. The predicted molar refractivity (Wildman–Crippen MR) is 55.1 cm³/mol. The topological polar surface area (TPSA) is 51.8 Å². The number of nitrogen functional groups attached to an aromatic ring is 1. The van der Waals surface area contributed by atoms with Gasteiger partial charge in [0.2, 0.25) is 0 Å². The average Bonchev–Trinajstić information content (AvgIpc) is 2.52. The molecule has 2 rings (SSSR count). The summed E-state index contributed by atoms with van der Waals surface area (Å²) >= 11 is 1.40. The lowest BCUT2D eigenvalue weighted by Crippen LogP contribution is -2.02. The maximum absolute atomic E-state index is 5.58. The van der Waals surface area contributed by atoms with Crippen LogP contribution in [0, 0.1) is 0 Å². The first-order valence-electron chi connectivity index (χ1n) is 3.67. The summed E-state index contributed by atoms with van der Waals surface area (Å²) in [7, 11) is 5.58. The molecule has 0 aliphatic rings. The van der Waals surface area contributed by atoms with Gasteiger partial charge < -0.3 is 5.73 Å². The molecule has 2 radical (unpaired) electrons. The van der Waals surface area contributed by atoms with Crippen molar-refractivity contribution >= 4 is 29.8 Å². The van der Waals surface area contributed by atoms with E-state index >= 15 is 0 Å². The maximum Gasteiger partial charge on any atom is 0.180 e. The van der Waals surface area contributed by atoms with Crippen LogP contribution in [0.5, 0.6) is 0 Å². The van der Waals surface area contributed by atoms with Crippen molar-refractivity contribution in [1.82, 2.24) is 9.97 Å². The second-order valence-corrected chi connectivity index (χ2v) is 3.47. The molecule has 0 aromatic carbocycles. The summed E-state index contributed by atoms with van der Waals surface area (Å²) in [6.45, 7) is 0. The third-order valence-electron chi connectivity index (χ3n) is 1.58. The minimum Gasteiger partial charge on any atom is -0.375 e. The van der Waals surface area contributed by atoms with Gasteiger partial charge in [-0.05, 0) is 0 Å². The lowest BCUT2D eigenvalue weighted by atomic mass is 9.97. The molecular weight excluding hydrogens is 181 g/mol. The Bertz CT molecular complexity index is 427. The Kier molecular flexibility index (Phi) is 2.02. The number of thiazole rings is 1. The molecular formula is C8H6BN3S. The zero-order chi connectivity index (χ0) is 9.26. The molecule has 3 nitrogen and oxygen atoms in total. The highest BCUT2D eigenvalue weighted by atomic mass is 32.1. The number of nitrogens with zero attached hydrogens (tertiary/aromatic N) is 2. The highest BCUT2D eigenvalue weighted by Gasteiger charge is 2.01. The Morgan fingerprint density at radius 3 is 2.85 bits per heavy atom. The van der Waals surface area contributed by atoms with Crippen LogP contribution >= 0.6 is 11.3 Å². The third-order valence-corrected chi connectivity index (χ3v) is 2.25. The summed E-state index contributed by atoms with van der Waals surface area (Å²) < 4.78 is 0. The number of anilines is 1. The first-order chi connectivity index (χ1) is 6.25. The zero-order valence-corrected chi connectivity index (χ0v) is 7.58. The van der Waals surface area contributed by atoms with Crippen molar-refractivity contribution in [1.29, 1.82) is 0 Å². The van der Waals surface area contributed by atoms with Crippen LogP contribution in [-0.2, 0) is 0 Å². The van der Waals surface area contributed by atoms with E-state index in [9.17, 15) is 0 Å². The van der Waals surface area contributed by atoms with E-state index in [0.717, 1.165) is 11.3 Å². The standard InChI is InChI=1S/C8H6BN3S/c9-6-1-5(2-11-3-6)7-4-13-8(10)12-7/h1-4H,(H2,10,12). The lowest BCUT2D eigenvalue weighted by molar-refractivity contribution is 1.32. The van der Waals surface area contributed by atoms with Crippen LogP contribution in [0.15, 0.2) is 23.8 Å². The molecule has 0 unspecified atom stereocenters. The van der Waals surface area contributed by atoms with Crippen LogP contribution in [0.25, 0.3) is 11.3 Å². The predicted octanol–water partition coefficient (Wildman–Crippen LogP) is 0.581. The van der Waals surface area contributed by atoms with Gasteiger partial charge in [0.15, 0.2) is 5.13 Å². The molecule has 0 aliphatic carbocycles. The average molecular weight is 187 g/mol. The molecule has 0 atom stereocenters. The van der Waals surface area contributed by atoms with E-state index in [1.54, 1.807) is 12.4 Å². The maximum atomic E-state index is 5.58. The van der Waals surface area contributed by atoms with Gasteiger partial charge in [-0.2, -0.15) is 0 Å². The highest BCUT2D eigenvalue weighted by molar-refractivity contribution is 7.13. The largest absolute Gasteiger partial charge is 0.375 e. The Morgan fingerprint density at radius 2 is 2.23 bits per heavy atom. The van der Waals surface area contributed by atoms with Gasteiger partial charge in [0, 0.05) is 23.3 Å². The zero-order valence-electron chi connectivity index (χ0n) is 6.77. The van der Waals surface area contributed by atoms with Gasteiger partial charge >= 0.3 is 0 Å². The Balaban J connectivity index is 2.46. The molecule has 2 N–H and O–H groups in total. The lowest BCUT2D eigenvalue weighted by Gasteiger charge is -1.96. The number of rotatable bonds is 1. The number of aromatic nitrogens is 2. The van der Waals surface area contributed by atoms with Gasteiger partial charge in [0.1, 0.15) is 7.85 Å². The fourth-order valence-corrected chi connectivity index (χ4v) is 1.59. The van der Waals surface area contributed by atoms with E-state index < -0.39 is 0 Å². The fourth-order valence-electron chi connectivity index (χ4n) is 1.02. The first-order valence-corrected chi connectivity index (χ1v) is 4.55. The van der Waals surface area contributed by atoms with Gasteiger partial charge in [-0.25, -0.2) is 4.98 Å². The second kappa shape index (κ2) is 3.18. The summed E-state index contributed by atoms with van der Waals surface area (Å²) in [5, 5.41) is 2.43. The van der Waals surface area contributed by atoms with E-state index in [1.165, 1.54) is 11.3 Å². The number of hydrogen-bond donors (Lipinski definition) is 1. The van der Waals surface area contributed by atoms with Crippen molar-refractivity contribution in [2.24, 2.45) is 0 Å².